The van der Waals surface area contributed by atoms with Crippen LogP contribution in [0.25, 0.3) is 0 Å². The highest BCUT2D eigenvalue weighted by atomic mass is 31.2. The number of aliphatic hydroxyl groups is 3. The number of allylic oxidation sites excluding steroid dienone is 12. The minimum Gasteiger partial charge on any atom is -0.480 e. The zero-order valence-corrected chi connectivity index (χ0v) is 36.0. The molecule has 0 heterocycles. The molecule has 15 heteroatoms. The molecule has 336 valence electrons. The highest BCUT2D eigenvalue weighted by molar-refractivity contribution is 7.47. The molecule has 0 aliphatic rings. The summed E-state index contributed by atoms with van der Waals surface area (Å²) in [5.41, 5.74) is 5.30. The van der Waals surface area contributed by atoms with Gasteiger partial charge in [0.2, 0.25) is 0 Å². The van der Waals surface area contributed by atoms with Crippen molar-refractivity contribution in [3.05, 3.63) is 85.1 Å². The molecule has 0 aliphatic carbocycles. The van der Waals surface area contributed by atoms with Crippen molar-refractivity contribution in [3.63, 3.8) is 0 Å². The number of aliphatic carboxylic acids is 1. The van der Waals surface area contributed by atoms with Gasteiger partial charge in [-0.2, -0.15) is 0 Å². The SMILES string of the molecule is CCCCC/C=C\C/C=C\C/C=C\CCCCC(=O)OC[C@H](COP(=O)(O)OC[C@H](N)C(=O)O)OC(=O)CCC[C@H](O)[C@@H](O)/C=C/C=C/C=C\C=C\[C@@H](O)CCCCC. The van der Waals surface area contributed by atoms with E-state index in [1.54, 1.807) is 42.5 Å². The van der Waals surface area contributed by atoms with Crippen molar-refractivity contribution >= 4 is 25.7 Å². The molecule has 0 spiro atoms. The molecule has 0 saturated carbocycles. The van der Waals surface area contributed by atoms with Crippen molar-refractivity contribution in [2.75, 3.05) is 19.8 Å². The first-order chi connectivity index (χ1) is 28.3. The molecular formula is C44H72NO13P. The quantitative estimate of drug-likeness (QED) is 0.0116. The number of unbranched alkanes of at least 4 members (excludes halogenated alkanes) is 7. The Balaban J connectivity index is 4.82. The van der Waals surface area contributed by atoms with Gasteiger partial charge in [0.15, 0.2) is 6.10 Å². The van der Waals surface area contributed by atoms with Gasteiger partial charge in [0.25, 0.3) is 0 Å². The normalized spacial score (nSPS) is 16.2. The molecule has 1 unspecified atom stereocenters. The number of carbonyl (C=O) groups is 3. The van der Waals surface area contributed by atoms with Crippen LogP contribution in [0.4, 0.5) is 0 Å². The molecule has 0 aromatic rings. The van der Waals surface area contributed by atoms with Gasteiger partial charge in [-0.1, -0.05) is 131 Å². The number of hydrogen-bond donors (Lipinski definition) is 6. The fourth-order valence-corrected chi connectivity index (χ4v) is 5.76. The maximum absolute atomic E-state index is 12.6. The molecule has 7 N–H and O–H groups in total. The van der Waals surface area contributed by atoms with E-state index < -0.39 is 76.0 Å². The Morgan fingerprint density at radius 2 is 1.19 bits per heavy atom. The summed E-state index contributed by atoms with van der Waals surface area (Å²) in [6.45, 7) is 2.25. The van der Waals surface area contributed by atoms with Gasteiger partial charge in [-0.05, 0) is 64.2 Å². The van der Waals surface area contributed by atoms with Crippen molar-refractivity contribution in [3.8, 4) is 0 Å². The second-order valence-electron chi connectivity index (χ2n) is 14.0. The zero-order chi connectivity index (χ0) is 44.0. The van der Waals surface area contributed by atoms with Gasteiger partial charge in [0.1, 0.15) is 12.6 Å². The molecule has 0 amide bonds. The minimum atomic E-state index is -4.83. The lowest BCUT2D eigenvalue weighted by atomic mass is 10.1. The zero-order valence-electron chi connectivity index (χ0n) is 35.1. The first-order valence-electron chi connectivity index (χ1n) is 20.9. The molecule has 0 aromatic carbocycles. The van der Waals surface area contributed by atoms with E-state index >= 15 is 0 Å². The number of aliphatic hydroxyl groups excluding tert-OH is 3. The van der Waals surface area contributed by atoms with Gasteiger partial charge in [-0.25, -0.2) is 4.57 Å². The van der Waals surface area contributed by atoms with Crippen LogP contribution >= 0.6 is 7.82 Å². The number of phosphoric ester groups is 1. The Morgan fingerprint density at radius 1 is 0.644 bits per heavy atom. The van der Waals surface area contributed by atoms with Crippen LogP contribution in [0.5, 0.6) is 0 Å². The summed E-state index contributed by atoms with van der Waals surface area (Å²) in [6.07, 6.45) is 34.5. The van der Waals surface area contributed by atoms with Crippen LogP contribution in [0.15, 0.2) is 85.1 Å². The van der Waals surface area contributed by atoms with Crippen LogP contribution < -0.4 is 5.73 Å². The predicted molar refractivity (Wildman–Crippen MR) is 230 cm³/mol. The summed E-state index contributed by atoms with van der Waals surface area (Å²) >= 11 is 0. The average Bonchev–Trinajstić information content (AvgIpc) is 3.20. The smallest absolute Gasteiger partial charge is 0.472 e. The predicted octanol–water partition coefficient (Wildman–Crippen LogP) is 7.63. The fourth-order valence-electron chi connectivity index (χ4n) is 4.98. The van der Waals surface area contributed by atoms with Gasteiger partial charge in [0.05, 0.1) is 31.5 Å². The Morgan fingerprint density at radius 3 is 1.81 bits per heavy atom. The van der Waals surface area contributed by atoms with Gasteiger partial charge in [-0.15, -0.1) is 0 Å². The molecule has 6 atom stereocenters. The molecule has 0 bridgehead atoms. The maximum atomic E-state index is 12.6. The number of hydrogen-bond acceptors (Lipinski definition) is 12. The summed E-state index contributed by atoms with van der Waals surface area (Å²) in [5, 5.41) is 39.4. The van der Waals surface area contributed by atoms with Gasteiger partial charge < -0.3 is 40.5 Å². The molecule has 0 radical (unpaired) electrons. The van der Waals surface area contributed by atoms with Crippen molar-refractivity contribution in [1.82, 2.24) is 0 Å². The van der Waals surface area contributed by atoms with Crippen molar-refractivity contribution in [1.29, 1.82) is 0 Å². The van der Waals surface area contributed by atoms with E-state index in [0.717, 1.165) is 57.8 Å². The van der Waals surface area contributed by atoms with Crippen LogP contribution in [0.1, 0.15) is 123 Å². The summed E-state index contributed by atoms with van der Waals surface area (Å²) in [6, 6.07) is -1.59. The van der Waals surface area contributed by atoms with Crippen LogP contribution in [0.2, 0.25) is 0 Å². The number of carbonyl (C=O) groups excluding carboxylic acids is 2. The standard InChI is InChI=1S/C44H72NO13P/c1-3-5-7-8-9-10-11-12-13-14-15-16-17-22-26-32-42(49)55-34-38(35-56-59(53,54)57-36-39(45)44(51)52)58-43(50)33-27-31-41(48)40(47)30-25-21-19-18-20-24-29-37(46)28-23-6-4-2/h9-10,12-13,15-16,18-21,24-25,29-30,37-41,46-48H,3-8,11,14,17,22-23,26-28,31-36,45H2,1-2H3,(H,51,52)(H,53,54)/b10-9-,13-12-,16-15-,20-18-,21-19+,29-24+,30-25+/t37-,38+,39-,40-,41-/m0/s1. The highest BCUT2D eigenvalue weighted by Crippen LogP contribution is 2.43. The lowest BCUT2D eigenvalue weighted by Crippen LogP contribution is -2.34. The first kappa shape index (κ1) is 55.5. The lowest BCUT2D eigenvalue weighted by molar-refractivity contribution is -0.161. The molecule has 0 saturated heterocycles. The number of rotatable bonds is 37. The monoisotopic (exact) mass is 853 g/mol. The molecule has 0 aliphatic heterocycles. The number of esters is 2. The van der Waals surface area contributed by atoms with E-state index in [9.17, 15) is 39.2 Å². The Hall–Kier alpha value is -3.46. The summed E-state index contributed by atoms with van der Waals surface area (Å²) in [7, 11) is -4.83. The van der Waals surface area contributed by atoms with Crippen LogP contribution in [-0.4, -0.2) is 93.5 Å². The van der Waals surface area contributed by atoms with Crippen molar-refractivity contribution in [2.24, 2.45) is 5.73 Å². The number of ether oxygens (including phenoxy) is 2. The number of carboxylic acids is 1. The van der Waals surface area contributed by atoms with E-state index in [1.807, 2.05) is 0 Å². The average molecular weight is 854 g/mol. The Bertz CT molecular complexity index is 1370. The molecule has 0 fully saturated rings. The first-order valence-corrected chi connectivity index (χ1v) is 22.4. The maximum Gasteiger partial charge on any atom is 0.472 e. The van der Waals surface area contributed by atoms with Gasteiger partial charge >= 0.3 is 25.7 Å². The summed E-state index contributed by atoms with van der Waals surface area (Å²) in [4.78, 5) is 45.9. The van der Waals surface area contributed by atoms with E-state index in [-0.39, 0.29) is 25.7 Å². The van der Waals surface area contributed by atoms with E-state index in [0.29, 0.717) is 6.42 Å². The number of nitrogens with two attached hydrogens (primary N) is 1. The third kappa shape index (κ3) is 36.1. The second kappa shape index (κ2) is 37.5. The summed E-state index contributed by atoms with van der Waals surface area (Å²) < 4.78 is 32.4. The Kier molecular flexibility index (Phi) is 35.3. The van der Waals surface area contributed by atoms with E-state index in [4.69, 9.17) is 24.8 Å². The fraction of sp³-hybridized carbons (Fsp3) is 0.614. The topological polar surface area (TPSA) is 232 Å². The highest BCUT2D eigenvalue weighted by Gasteiger charge is 2.28. The Labute approximate surface area is 351 Å². The molecular weight excluding hydrogens is 781 g/mol. The van der Waals surface area contributed by atoms with E-state index in [2.05, 4.69) is 54.8 Å². The van der Waals surface area contributed by atoms with Gasteiger partial charge in [0, 0.05) is 12.8 Å². The molecule has 0 rings (SSSR count). The van der Waals surface area contributed by atoms with Crippen LogP contribution in [-0.2, 0) is 37.5 Å². The van der Waals surface area contributed by atoms with Gasteiger partial charge in [-0.3, -0.25) is 23.4 Å². The van der Waals surface area contributed by atoms with Crippen molar-refractivity contribution in [2.45, 2.75) is 153 Å². The van der Waals surface area contributed by atoms with E-state index in [1.165, 1.54) is 25.3 Å². The third-order valence-electron chi connectivity index (χ3n) is 8.48. The number of carboxylic acid groups (broad SMARTS) is 1. The number of phosphoric acid groups is 1. The van der Waals surface area contributed by atoms with Crippen LogP contribution in [0, 0.1) is 0 Å². The summed E-state index contributed by atoms with van der Waals surface area (Å²) in [5.74, 6) is -2.82. The second-order valence-corrected chi connectivity index (χ2v) is 15.4. The molecule has 0 aromatic heterocycles. The lowest BCUT2D eigenvalue weighted by Gasteiger charge is -2.20. The minimum absolute atomic E-state index is 0.0397. The van der Waals surface area contributed by atoms with Crippen LogP contribution in [0.3, 0.4) is 0 Å². The molecule has 59 heavy (non-hydrogen) atoms. The largest absolute Gasteiger partial charge is 0.480 e. The van der Waals surface area contributed by atoms with Crippen molar-refractivity contribution < 1.29 is 62.8 Å². The third-order valence-corrected chi connectivity index (χ3v) is 9.43. The molecule has 14 nitrogen and oxygen atoms in total.